The summed E-state index contributed by atoms with van der Waals surface area (Å²) in [5.41, 5.74) is 1.01. The summed E-state index contributed by atoms with van der Waals surface area (Å²) in [6.45, 7) is 1.91. The SMILES string of the molecule is CCOC(=O)/C(C#N)=C/c1ccc(NC(=O)C23C[C@@H]4C[C@@H](CC(Cl)(C4)C2)C3)cc1. The number of nitriles is 1. The molecule has 4 saturated carbocycles. The summed E-state index contributed by atoms with van der Waals surface area (Å²) < 4.78 is 4.87. The number of halogens is 1. The van der Waals surface area contributed by atoms with E-state index in [0.29, 0.717) is 23.1 Å². The Morgan fingerprint density at radius 1 is 1.24 bits per heavy atom. The minimum atomic E-state index is -0.635. The summed E-state index contributed by atoms with van der Waals surface area (Å²) in [5, 5.41) is 12.2. The first-order valence-electron chi connectivity index (χ1n) is 10.2. The van der Waals surface area contributed by atoms with E-state index in [1.54, 1.807) is 31.2 Å². The van der Waals surface area contributed by atoms with Crippen LogP contribution in [0.3, 0.4) is 0 Å². The number of rotatable bonds is 5. The van der Waals surface area contributed by atoms with Gasteiger partial charge in [0.25, 0.3) is 0 Å². The number of ether oxygens (including phenoxy) is 1. The Kier molecular flexibility index (Phi) is 5.16. The van der Waals surface area contributed by atoms with Crippen molar-refractivity contribution >= 4 is 35.2 Å². The van der Waals surface area contributed by atoms with Crippen LogP contribution in [0.1, 0.15) is 51.0 Å². The summed E-state index contributed by atoms with van der Waals surface area (Å²) in [4.78, 5) is 24.7. The number of nitrogens with zero attached hydrogens (tertiary/aromatic N) is 1. The molecule has 29 heavy (non-hydrogen) atoms. The van der Waals surface area contributed by atoms with Gasteiger partial charge < -0.3 is 10.1 Å². The third-order valence-electron chi connectivity index (χ3n) is 6.57. The summed E-state index contributed by atoms with van der Waals surface area (Å²) in [5.74, 6) is 0.576. The summed E-state index contributed by atoms with van der Waals surface area (Å²) in [7, 11) is 0. The molecule has 1 aromatic rings. The molecule has 152 valence electrons. The molecule has 4 aliphatic carbocycles. The zero-order valence-corrected chi connectivity index (χ0v) is 17.3. The quantitative estimate of drug-likeness (QED) is 0.330. The van der Waals surface area contributed by atoms with Gasteiger partial charge in [-0.3, -0.25) is 4.79 Å². The Bertz CT molecular complexity index is 886. The molecule has 5 nitrogen and oxygen atoms in total. The monoisotopic (exact) mass is 412 g/mol. The highest BCUT2D eigenvalue weighted by Crippen LogP contribution is 2.64. The average molecular weight is 413 g/mol. The van der Waals surface area contributed by atoms with Crippen LogP contribution in [-0.2, 0) is 14.3 Å². The van der Waals surface area contributed by atoms with Gasteiger partial charge in [0, 0.05) is 10.6 Å². The van der Waals surface area contributed by atoms with Crippen LogP contribution in [0.5, 0.6) is 0 Å². The van der Waals surface area contributed by atoms with E-state index in [2.05, 4.69) is 5.32 Å². The van der Waals surface area contributed by atoms with Crippen molar-refractivity contribution in [2.24, 2.45) is 17.3 Å². The number of hydrogen-bond donors (Lipinski definition) is 1. The molecule has 2 unspecified atom stereocenters. The topological polar surface area (TPSA) is 79.2 Å². The van der Waals surface area contributed by atoms with Crippen molar-refractivity contribution in [2.75, 3.05) is 11.9 Å². The third-order valence-corrected chi connectivity index (χ3v) is 7.01. The third kappa shape index (κ3) is 3.91. The molecular weight excluding hydrogens is 388 g/mol. The molecule has 5 rings (SSSR count). The second-order valence-electron chi connectivity index (χ2n) is 8.86. The van der Waals surface area contributed by atoms with Crippen molar-refractivity contribution in [2.45, 2.75) is 50.3 Å². The zero-order valence-electron chi connectivity index (χ0n) is 16.5. The fourth-order valence-electron chi connectivity index (χ4n) is 5.86. The van der Waals surface area contributed by atoms with Crippen LogP contribution in [0, 0.1) is 28.6 Å². The minimum absolute atomic E-state index is 0.0513. The van der Waals surface area contributed by atoms with Crippen molar-refractivity contribution in [3.8, 4) is 6.07 Å². The molecule has 0 aromatic heterocycles. The van der Waals surface area contributed by atoms with Crippen molar-refractivity contribution in [3.63, 3.8) is 0 Å². The molecule has 0 radical (unpaired) electrons. The van der Waals surface area contributed by atoms with Crippen molar-refractivity contribution in [3.05, 3.63) is 35.4 Å². The van der Waals surface area contributed by atoms with Gasteiger partial charge in [-0.15, -0.1) is 11.6 Å². The van der Waals surface area contributed by atoms with Crippen LogP contribution in [0.2, 0.25) is 0 Å². The van der Waals surface area contributed by atoms with E-state index in [0.717, 1.165) is 32.1 Å². The Labute approximate surface area is 176 Å². The number of carbonyl (C=O) groups is 2. The molecular formula is C23H25ClN2O3. The first kappa shape index (κ1) is 20.0. The van der Waals surface area contributed by atoms with Gasteiger partial charge in [-0.2, -0.15) is 5.26 Å². The maximum absolute atomic E-state index is 13.2. The molecule has 1 amide bonds. The molecule has 6 heteroatoms. The largest absolute Gasteiger partial charge is 0.462 e. The number of esters is 1. The molecule has 1 aromatic carbocycles. The van der Waals surface area contributed by atoms with Gasteiger partial charge in [0.15, 0.2) is 0 Å². The van der Waals surface area contributed by atoms with Gasteiger partial charge in [0.2, 0.25) is 5.91 Å². The van der Waals surface area contributed by atoms with E-state index in [1.165, 1.54) is 12.5 Å². The van der Waals surface area contributed by atoms with Gasteiger partial charge in [-0.1, -0.05) is 12.1 Å². The Hall–Kier alpha value is -2.32. The molecule has 4 fully saturated rings. The van der Waals surface area contributed by atoms with Gasteiger partial charge in [0.05, 0.1) is 12.0 Å². The number of nitrogens with one attached hydrogen (secondary N) is 1. The van der Waals surface area contributed by atoms with Crippen LogP contribution in [0.4, 0.5) is 5.69 Å². The van der Waals surface area contributed by atoms with Crippen molar-refractivity contribution in [1.29, 1.82) is 5.26 Å². The van der Waals surface area contributed by atoms with Gasteiger partial charge in [-0.05, 0) is 81.1 Å². The molecule has 0 heterocycles. The standard InChI is InChI=1S/C23H25ClN2O3/c1-2-29-20(27)18(13-25)8-15-3-5-19(6-4-15)26-21(28)22-9-16-7-17(10-22)12-23(24,11-16)14-22/h3-6,8,16-17H,2,7,9-12,14H2,1H3,(H,26,28)/b18-8+/t16-,17+,22?,23?. The molecule has 4 atom stereocenters. The number of benzene rings is 1. The fourth-order valence-corrected chi connectivity index (χ4v) is 6.55. The van der Waals surface area contributed by atoms with Gasteiger partial charge in [0.1, 0.15) is 11.6 Å². The smallest absolute Gasteiger partial charge is 0.348 e. The van der Waals surface area contributed by atoms with Crippen LogP contribution in [0.25, 0.3) is 6.08 Å². The predicted octanol–water partition coefficient (Wildman–Crippen LogP) is 4.67. The fraction of sp³-hybridized carbons (Fsp3) is 0.522. The molecule has 0 saturated heterocycles. The molecule has 0 aliphatic heterocycles. The van der Waals surface area contributed by atoms with Crippen LogP contribution in [0.15, 0.2) is 29.8 Å². The minimum Gasteiger partial charge on any atom is -0.462 e. The van der Waals surface area contributed by atoms with E-state index in [-0.39, 0.29) is 28.4 Å². The maximum atomic E-state index is 13.2. The van der Waals surface area contributed by atoms with Gasteiger partial charge in [-0.25, -0.2) is 4.79 Å². The molecule has 0 spiro atoms. The van der Waals surface area contributed by atoms with E-state index < -0.39 is 5.97 Å². The molecule has 1 N–H and O–H groups in total. The van der Waals surface area contributed by atoms with Crippen molar-refractivity contribution in [1.82, 2.24) is 0 Å². The number of hydrogen-bond acceptors (Lipinski definition) is 4. The highest BCUT2D eigenvalue weighted by atomic mass is 35.5. The Morgan fingerprint density at radius 3 is 2.45 bits per heavy atom. The van der Waals surface area contributed by atoms with E-state index >= 15 is 0 Å². The average Bonchev–Trinajstić information content (AvgIpc) is 2.65. The lowest BCUT2D eigenvalue weighted by Crippen LogP contribution is -2.57. The summed E-state index contributed by atoms with van der Waals surface area (Å²) in [6.07, 6.45) is 7.44. The lowest BCUT2D eigenvalue weighted by atomic mass is 9.49. The number of amides is 1. The maximum Gasteiger partial charge on any atom is 0.348 e. The van der Waals surface area contributed by atoms with Gasteiger partial charge >= 0.3 is 5.97 Å². The number of carbonyl (C=O) groups excluding carboxylic acids is 2. The molecule has 4 aliphatic rings. The number of alkyl halides is 1. The van der Waals surface area contributed by atoms with E-state index in [1.807, 2.05) is 6.07 Å². The van der Waals surface area contributed by atoms with Crippen LogP contribution < -0.4 is 5.32 Å². The Balaban J connectivity index is 1.46. The lowest BCUT2D eigenvalue weighted by molar-refractivity contribution is -0.139. The highest BCUT2D eigenvalue weighted by molar-refractivity contribution is 6.24. The number of anilines is 1. The van der Waals surface area contributed by atoms with Crippen molar-refractivity contribution < 1.29 is 14.3 Å². The molecule has 4 bridgehead atoms. The summed E-state index contributed by atoms with van der Waals surface area (Å²) >= 11 is 6.85. The second-order valence-corrected chi connectivity index (χ2v) is 9.66. The first-order valence-corrected chi connectivity index (χ1v) is 10.6. The predicted molar refractivity (Wildman–Crippen MR) is 111 cm³/mol. The second kappa shape index (κ2) is 7.50. The lowest BCUT2D eigenvalue weighted by Gasteiger charge is -2.59. The zero-order chi connectivity index (χ0) is 20.6. The van der Waals surface area contributed by atoms with E-state index in [9.17, 15) is 9.59 Å². The van der Waals surface area contributed by atoms with E-state index in [4.69, 9.17) is 21.6 Å². The first-order chi connectivity index (χ1) is 13.8. The van der Waals surface area contributed by atoms with Crippen LogP contribution >= 0.6 is 11.6 Å². The summed E-state index contributed by atoms with van der Waals surface area (Å²) in [6, 6.07) is 8.99. The highest BCUT2D eigenvalue weighted by Gasteiger charge is 2.60. The normalized spacial score (nSPS) is 32.5. The Morgan fingerprint density at radius 2 is 1.90 bits per heavy atom. The van der Waals surface area contributed by atoms with Crippen LogP contribution in [-0.4, -0.2) is 23.4 Å².